The Morgan fingerprint density at radius 3 is 1.18 bits per heavy atom. The molecule has 0 spiro atoms. The number of rotatable bonds is 14. The highest BCUT2D eigenvalue weighted by atomic mass is 32.1. The molecular weight excluding hydrogens is 807 g/mol. The Labute approximate surface area is 369 Å². The van der Waals surface area contributed by atoms with E-state index in [1.54, 1.807) is 22.7 Å². The lowest BCUT2D eigenvalue weighted by Gasteiger charge is -2.26. The molecule has 6 aromatic carbocycles. The van der Waals surface area contributed by atoms with Crippen LogP contribution in [-0.2, 0) is 39.0 Å². The molecule has 0 fully saturated rings. The number of ether oxygens (including phenoxy) is 2. The minimum absolute atomic E-state index is 0.214. The quantitative estimate of drug-likeness (QED) is 0.102. The van der Waals surface area contributed by atoms with Gasteiger partial charge in [0.25, 0.3) is 0 Å². The van der Waals surface area contributed by atoms with E-state index in [-0.39, 0.29) is 11.9 Å². The summed E-state index contributed by atoms with van der Waals surface area (Å²) in [5.74, 6) is -0.428. The molecule has 3 aromatic heterocycles. The van der Waals surface area contributed by atoms with E-state index in [0.717, 1.165) is 67.1 Å². The maximum atomic E-state index is 11.9. The van der Waals surface area contributed by atoms with E-state index in [2.05, 4.69) is 190 Å². The standard InChI is InChI=1S/C53H45N3O4S2/c1-54-48-28-26-44(55(40-18-8-36(9-19-40)12-30-52(57)59-2)42-22-14-38(15-23-42)50-6-4-32-61-50)34-46(48)47-35-45(27-29-49(47)54)56(41-20-10-37(11-21-41)13-31-53(58)60-3)43-24-16-39(17-25-43)51-7-5-33-62-51/h4-11,14-29,32-35H,12-13,30-31H2,1-3H3. The number of benzene rings is 6. The molecule has 9 rings (SSSR count). The summed E-state index contributed by atoms with van der Waals surface area (Å²) in [5.41, 5.74) is 13.0. The monoisotopic (exact) mass is 851 g/mol. The zero-order valence-corrected chi connectivity index (χ0v) is 36.4. The molecule has 0 amide bonds. The molecule has 0 aliphatic rings. The molecule has 9 aromatic rings. The third kappa shape index (κ3) is 8.37. The van der Waals surface area contributed by atoms with Crippen LogP contribution in [0.5, 0.6) is 0 Å². The SMILES string of the molecule is COC(=O)CCc1ccc(N(c2ccc(-c3cccs3)cc2)c2ccc3c(c2)c2cc(N(c4ccc(CCC(=O)OC)cc4)c4ccc(-c5cccs5)cc4)ccc2n3C)cc1. The van der Waals surface area contributed by atoms with Gasteiger partial charge in [-0.3, -0.25) is 9.59 Å². The highest BCUT2D eigenvalue weighted by Crippen LogP contribution is 2.43. The number of aromatic nitrogens is 1. The van der Waals surface area contributed by atoms with Gasteiger partial charge in [-0.25, -0.2) is 0 Å². The summed E-state index contributed by atoms with van der Waals surface area (Å²) in [5, 5.41) is 6.50. The van der Waals surface area contributed by atoms with Crippen molar-refractivity contribution < 1.29 is 19.1 Å². The zero-order valence-electron chi connectivity index (χ0n) is 34.8. The van der Waals surface area contributed by atoms with E-state index in [1.807, 2.05) is 0 Å². The second kappa shape index (κ2) is 18.0. The average Bonchev–Trinajstić information content (AvgIpc) is 4.12. The number of nitrogens with zero attached hydrogens (tertiary/aromatic N) is 3. The van der Waals surface area contributed by atoms with Gasteiger partial charge in [0.05, 0.1) is 14.2 Å². The van der Waals surface area contributed by atoms with Crippen molar-refractivity contribution in [2.45, 2.75) is 25.7 Å². The molecule has 0 saturated carbocycles. The summed E-state index contributed by atoms with van der Waals surface area (Å²) < 4.78 is 12.1. The minimum atomic E-state index is -0.214. The lowest BCUT2D eigenvalue weighted by molar-refractivity contribution is -0.141. The van der Waals surface area contributed by atoms with Crippen molar-refractivity contribution in [3.8, 4) is 20.9 Å². The van der Waals surface area contributed by atoms with Crippen LogP contribution in [-0.4, -0.2) is 30.7 Å². The van der Waals surface area contributed by atoms with E-state index in [1.165, 1.54) is 35.1 Å². The van der Waals surface area contributed by atoms with Crippen LogP contribution in [0.3, 0.4) is 0 Å². The fourth-order valence-corrected chi connectivity index (χ4v) is 9.59. The van der Waals surface area contributed by atoms with Gasteiger partial charge in [0, 0.05) is 85.6 Å². The topological polar surface area (TPSA) is 64.0 Å². The molecule has 0 bridgehead atoms. The largest absolute Gasteiger partial charge is 0.469 e. The number of thiophene rings is 2. The van der Waals surface area contributed by atoms with Crippen molar-refractivity contribution in [2.24, 2.45) is 7.05 Å². The molecule has 7 nitrogen and oxygen atoms in total. The maximum Gasteiger partial charge on any atom is 0.305 e. The molecule has 62 heavy (non-hydrogen) atoms. The first kappa shape index (κ1) is 40.5. The van der Waals surface area contributed by atoms with E-state index in [4.69, 9.17) is 9.47 Å². The van der Waals surface area contributed by atoms with Crippen LogP contribution in [0.15, 0.2) is 168 Å². The number of hydrogen-bond acceptors (Lipinski definition) is 8. The van der Waals surface area contributed by atoms with Crippen LogP contribution < -0.4 is 9.80 Å². The normalized spacial score (nSPS) is 11.2. The molecule has 0 unspecified atom stereocenters. The van der Waals surface area contributed by atoms with Crippen LogP contribution in [0.1, 0.15) is 24.0 Å². The van der Waals surface area contributed by atoms with Crippen molar-refractivity contribution in [1.29, 1.82) is 0 Å². The summed E-state index contributed by atoms with van der Waals surface area (Å²) in [7, 11) is 4.99. The molecule has 0 radical (unpaired) electrons. The predicted molar refractivity (Wildman–Crippen MR) is 257 cm³/mol. The molecular formula is C53H45N3O4S2. The molecule has 0 saturated heterocycles. The first-order chi connectivity index (χ1) is 30.4. The number of aryl methyl sites for hydroxylation is 3. The number of carbonyl (C=O) groups is 2. The molecule has 0 aliphatic heterocycles. The van der Waals surface area contributed by atoms with Gasteiger partial charge in [-0.1, -0.05) is 60.7 Å². The van der Waals surface area contributed by atoms with E-state index in [0.29, 0.717) is 25.7 Å². The Bertz CT molecular complexity index is 2750. The Morgan fingerprint density at radius 2 is 0.839 bits per heavy atom. The van der Waals surface area contributed by atoms with Crippen LogP contribution in [0.25, 0.3) is 42.7 Å². The molecule has 0 N–H and O–H groups in total. The Balaban J connectivity index is 1.14. The maximum absolute atomic E-state index is 11.9. The Morgan fingerprint density at radius 1 is 0.484 bits per heavy atom. The summed E-state index contributed by atoms with van der Waals surface area (Å²) in [4.78, 5) is 30.9. The second-order valence-electron chi connectivity index (χ2n) is 15.2. The highest BCUT2D eigenvalue weighted by molar-refractivity contribution is 7.13. The summed E-state index contributed by atoms with van der Waals surface area (Å²) in [6.45, 7) is 0. The molecule has 0 atom stereocenters. The fraction of sp³-hybridized carbons (Fsp3) is 0.132. The van der Waals surface area contributed by atoms with Gasteiger partial charge in [0.1, 0.15) is 0 Å². The van der Waals surface area contributed by atoms with Crippen molar-refractivity contribution in [3.63, 3.8) is 0 Å². The van der Waals surface area contributed by atoms with Crippen molar-refractivity contribution in [2.75, 3.05) is 24.0 Å². The summed E-state index contributed by atoms with van der Waals surface area (Å²) in [6.07, 6.45) is 1.90. The van der Waals surface area contributed by atoms with Crippen molar-refractivity contribution >= 4 is 90.5 Å². The van der Waals surface area contributed by atoms with Gasteiger partial charge >= 0.3 is 11.9 Å². The van der Waals surface area contributed by atoms with E-state index < -0.39 is 0 Å². The number of methoxy groups -OCH3 is 2. The van der Waals surface area contributed by atoms with Gasteiger partial charge in [-0.15, -0.1) is 22.7 Å². The summed E-state index contributed by atoms with van der Waals surface area (Å²) in [6, 6.07) is 56.3. The van der Waals surface area contributed by atoms with Gasteiger partial charge in [-0.2, -0.15) is 0 Å². The first-order valence-electron chi connectivity index (χ1n) is 20.6. The lowest BCUT2D eigenvalue weighted by atomic mass is 10.1. The zero-order chi connectivity index (χ0) is 42.6. The fourth-order valence-electron chi connectivity index (χ4n) is 8.12. The van der Waals surface area contributed by atoms with E-state index in [9.17, 15) is 9.59 Å². The number of esters is 2. The smallest absolute Gasteiger partial charge is 0.305 e. The van der Waals surface area contributed by atoms with Gasteiger partial charge < -0.3 is 23.8 Å². The third-order valence-corrected chi connectivity index (χ3v) is 13.3. The average molecular weight is 852 g/mol. The Hall–Kier alpha value is -6.94. The van der Waals surface area contributed by atoms with Gasteiger partial charge in [0.2, 0.25) is 0 Å². The van der Waals surface area contributed by atoms with E-state index >= 15 is 0 Å². The molecule has 308 valence electrons. The van der Waals surface area contributed by atoms with Crippen LogP contribution >= 0.6 is 22.7 Å². The van der Waals surface area contributed by atoms with Crippen molar-refractivity contribution in [1.82, 2.24) is 4.57 Å². The molecule has 9 heteroatoms. The lowest BCUT2D eigenvalue weighted by Crippen LogP contribution is -2.10. The minimum Gasteiger partial charge on any atom is -0.469 e. The molecule has 3 heterocycles. The number of anilines is 6. The highest BCUT2D eigenvalue weighted by Gasteiger charge is 2.19. The van der Waals surface area contributed by atoms with Crippen LogP contribution in [0.2, 0.25) is 0 Å². The summed E-state index contributed by atoms with van der Waals surface area (Å²) >= 11 is 3.47. The first-order valence-corrected chi connectivity index (χ1v) is 22.3. The van der Waals surface area contributed by atoms with Gasteiger partial charge in [-0.05, 0) is 143 Å². The van der Waals surface area contributed by atoms with Crippen LogP contribution in [0.4, 0.5) is 34.1 Å². The Kier molecular flexibility index (Phi) is 11.7. The van der Waals surface area contributed by atoms with Crippen molar-refractivity contribution in [3.05, 3.63) is 180 Å². The number of fused-ring (bicyclic) bond motifs is 3. The third-order valence-electron chi connectivity index (χ3n) is 11.4. The second-order valence-corrected chi connectivity index (χ2v) is 17.1. The van der Waals surface area contributed by atoms with Crippen LogP contribution in [0, 0.1) is 0 Å². The molecule has 0 aliphatic carbocycles. The number of hydrogen-bond donors (Lipinski definition) is 0. The number of carbonyl (C=O) groups excluding carboxylic acids is 2. The van der Waals surface area contributed by atoms with Gasteiger partial charge in [0.15, 0.2) is 0 Å². The predicted octanol–water partition coefficient (Wildman–Crippen LogP) is 13.9.